The first-order valence-electron chi connectivity index (χ1n) is 2.27. The van der Waals surface area contributed by atoms with Gasteiger partial charge in [-0.15, -0.1) is 0 Å². The van der Waals surface area contributed by atoms with Crippen LogP contribution in [0.2, 0.25) is 0 Å². The van der Waals surface area contributed by atoms with Crippen molar-refractivity contribution in [3.8, 4) is 0 Å². The van der Waals surface area contributed by atoms with E-state index in [-0.39, 0.29) is 0 Å². The Balaban J connectivity index is 2.49. The zero-order valence-electron chi connectivity index (χ0n) is 4.03. The molecule has 0 saturated carbocycles. The molecule has 0 amide bonds. The largest absolute Gasteiger partial charge is 0.382 e. The minimum absolute atomic E-state index is 0.824. The van der Waals surface area contributed by atoms with Gasteiger partial charge in [-0.05, 0) is 0 Å². The van der Waals surface area contributed by atoms with Gasteiger partial charge < -0.3 is 4.84 Å². The molecule has 0 aromatic heterocycles. The number of aliphatic imine (C=N–C) groups is 1. The summed E-state index contributed by atoms with van der Waals surface area (Å²) < 4.78 is 0. The lowest BCUT2D eigenvalue weighted by molar-refractivity contribution is 0.243. The Kier molecular flexibility index (Phi) is 0.566. The molecule has 0 aromatic carbocycles. The molecule has 2 heterocycles. The smallest absolute Gasteiger partial charge is 0.200 e. The molecule has 3 nitrogen and oxygen atoms in total. The predicted octanol–water partition coefficient (Wildman–Crippen LogP) is 0.503. The van der Waals surface area contributed by atoms with E-state index < -0.39 is 0 Å². The maximum Gasteiger partial charge on any atom is 0.200 e. The fourth-order valence-corrected chi connectivity index (χ4v) is 0.636. The number of nitrogens with zero attached hydrogens (tertiary/aromatic N) is 2. The fourth-order valence-electron chi connectivity index (χ4n) is 0.636. The van der Waals surface area contributed by atoms with Crippen LogP contribution in [0.15, 0.2) is 21.9 Å². The van der Waals surface area contributed by atoms with Crippen LogP contribution in [0.4, 0.5) is 0 Å². The predicted molar refractivity (Wildman–Crippen MR) is 29.4 cm³/mol. The normalized spacial score (nSPS) is 22.0. The third kappa shape index (κ3) is 0.332. The summed E-state index contributed by atoms with van der Waals surface area (Å²) in [6.45, 7) is 1.57. The van der Waals surface area contributed by atoms with Gasteiger partial charge in [0.25, 0.3) is 0 Å². The molecule has 0 bridgehead atoms. The van der Waals surface area contributed by atoms with E-state index in [9.17, 15) is 0 Å². The summed E-state index contributed by atoms with van der Waals surface area (Å²) >= 11 is 0. The van der Waals surface area contributed by atoms with Crippen molar-refractivity contribution in [3.63, 3.8) is 0 Å². The highest BCUT2D eigenvalue weighted by Gasteiger charge is 2.16. The van der Waals surface area contributed by atoms with Crippen molar-refractivity contribution < 1.29 is 4.84 Å². The van der Waals surface area contributed by atoms with Crippen LogP contribution in [-0.4, -0.2) is 11.9 Å². The fraction of sp³-hybridized carbons (Fsp3) is 0. The Labute approximate surface area is 46.4 Å². The number of fused-ring (bicyclic) bond motifs is 1. The van der Waals surface area contributed by atoms with Gasteiger partial charge in [-0.2, -0.15) is 0 Å². The Morgan fingerprint density at radius 1 is 1.50 bits per heavy atom. The van der Waals surface area contributed by atoms with Crippen LogP contribution in [0.25, 0.3) is 0 Å². The van der Waals surface area contributed by atoms with Crippen molar-refractivity contribution in [2.75, 3.05) is 0 Å². The summed E-state index contributed by atoms with van der Waals surface area (Å²) in [5, 5.41) is 3.64. The Morgan fingerprint density at radius 3 is 3.38 bits per heavy atom. The first kappa shape index (κ1) is 3.83. The van der Waals surface area contributed by atoms with Crippen molar-refractivity contribution in [2.45, 2.75) is 0 Å². The van der Waals surface area contributed by atoms with Crippen molar-refractivity contribution in [2.24, 2.45) is 10.1 Å². The second-order valence-corrected chi connectivity index (χ2v) is 1.56. The van der Waals surface area contributed by atoms with Gasteiger partial charge in [0, 0.05) is 11.8 Å². The second kappa shape index (κ2) is 1.18. The molecule has 3 heteroatoms. The molecule has 0 fully saturated rings. The molecule has 2 rings (SSSR count). The lowest BCUT2D eigenvalue weighted by atomic mass is 10.2. The first-order chi connectivity index (χ1) is 3.97. The molecule has 0 spiro atoms. The van der Waals surface area contributed by atoms with Crippen LogP contribution >= 0.6 is 0 Å². The van der Waals surface area contributed by atoms with Crippen LogP contribution in [-0.2, 0) is 4.84 Å². The Hall–Kier alpha value is -1.12. The highest BCUT2D eigenvalue weighted by atomic mass is 16.6. The van der Waals surface area contributed by atoms with E-state index in [0.717, 1.165) is 11.3 Å². The van der Waals surface area contributed by atoms with Crippen LogP contribution in [0, 0.1) is 6.61 Å². The highest BCUT2D eigenvalue weighted by molar-refractivity contribution is 6.40. The molecule has 2 aliphatic heterocycles. The molecular formula is C5H3N2O. The summed E-state index contributed by atoms with van der Waals surface area (Å²) in [5.74, 6) is 0. The van der Waals surface area contributed by atoms with E-state index in [2.05, 4.69) is 15.0 Å². The zero-order chi connectivity index (χ0) is 5.40. The maximum absolute atomic E-state index is 4.61. The lowest BCUT2D eigenvalue weighted by Crippen LogP contribution is -1.91. The monoisotopic (exact) mass is 107 g/mol. The standard InChI is InChI=1S/C5H3N2O/c1-4-3-8-7-5(4)2-6-1/h1-3H. The van der Waals surface area contributed by atoms with Gasteiger partial charge in [0.05, 0.1) is 6.21 Å². The summed E-state index contributed by atoms with van der Waals surface area (Å²) in [6, 6.07) is 0. The van der Waals surface area contributed by atoms with Crippen molar-refractivity contribution in [3.05, 3.63) is 18.4 Å². The molecule has 0 aromatic rings. The minimum Gasteiger partial charge on any atom is -0.382 e. The number of hydrogen-bond donors (Lipinski definition) is 0. The molecule has 0 atom stereocenters. The average Bonchev–Trinajstić information content (AvgIpc) is 2.15. The highest BCUT2D eigenvalue weighted by Crippen LogP contribution is 2.15. The summed E-state index contributed by atoms with van der Waals surface area (Å²) in [5.41, 5.74) is 1.79. The molecule has 0 unspecified atom stereocenters. The summed E-state index contributed by atoms with van der Waals surface area (Å²) in [4.78, 5) is 8.45. The molecular weight excluding hydrogens is 104 g/mol. The van der Waals surface area contributed by atoms with E-state index in [1.807, 2.05) is 0 Å². The van der Waals surface area contributed by atoms with Gasteiger partial charge in [0.2, 0.25) is 0 Å². The molecule has 0 aliphatic carbocycles. The minimum atomic E-state index is 0.824. The molecule has 39 valence electrons. The SMILES string of the molecule is [CH]1ON=C2C=NC=C12. The van der Waals surface area contributed by atoms with E-state index in [4.69, 9.17) is 0 Å². The van der Waals surface area contributed by atoms with Gasteiger partial charge in [-0.3, -0.25) is 4.99 Å². The summed E-state index contributed by atoms with van der Waals surface area (Å²) in [7, 11) is 0. The van der Waals surface area contributed by atoms with Crippen LogP contribution in [0.1, 0.15) is 0 Å². The molecule has 0 N–H and O–H groups in total. The van der Waals surface area contributed by atoms with Crippen molar-refractivity contribution in [1.29, 1.82) is 0 Å². The third-order valence-electron chi connectivity index (χ3n) is 1.04. The van der Waals surface area contributed by atoms with Gasteiger partial charge in [0.1, 0.15) is 5.71 Å². The van der Waals surface area contributed by atoms with Crippen molar-refractivity contribution >= 4 is 11.9 Å². The summed E-state index contributed by atoms with van der Waals surface area (Å²) in [6.07, 6.45) is 3.38. The molecule has 8 heavy (non-hydrogen) atoms. The Bertz CT molecular complexity index is 202. The number of rotatable bonds is 0. The van der Waals surface area contributed by atoms with Gasteiger partial charge in [-0.1, -0.05) is 5.16 Å². The van der Waals surface area contributed by atoms with Gasteiger partial charge in [-0.25, -0.2) is 0 Å². The average molecular weight is 107 g/mol. The second-order valence-electron chi connectivity index (χ2n) is 1.56. The van der Waals surface area contributed by atoms with Gasteiger partial charge >= 0.3 is 0 Å². The zero-order valence-corrected chi connectivity index (χ0v) is 4.03. The van der Waals surface area contributed by atoms with E-state index >= 15 is 0 Å². The Morgan fingerprint density at radius 2 is 2.50 bits per heavy atom. The first-order valence-corrected chi connectivity index (χ1v) is 2.27. The lowest BCUT2D eigenvalue weighted by Gasteiger charge is -1.79. The maximum atomic E-state index is 4.61. The molecule has 2 aliphatic rings. The van der Waals surface area contributed by atoms with Crippen molar-refractivity contribution in [1.82, 2.24) is 0 Å². The third-order valence-corrected chi connectivity index (χ3v) is 1.04. The number of hydrogen-bond acceptors (Lipinski definition) is 3. The quantitative estimate of drug-likeness (QED) is 0.444. The van der Waals surface area contributed by atoms with E-state index in [0.29, 0.717) is 0 Å². The van der Waals surface area contributed by atoms with Crippen LogP contribution in [0.3, 0.4) is 0 Å². The number of oxime groups is 1. The topological polar surface area (TPSA) is 34.0 Å². The van der Waals surface area contributed by atoms with E-state index in [1.54, 1.807) is 19.0 Å². The van der Waals surface area contributed by atoms with E-state index in [1.165, 1.54) is 0 Å². The molecule has 0 saturated heterocycles. The molecule has 1 radical (unpaired) electrons. The van der Waals surface area contributed by atoms with Crippen LogP contribution < -0.4 is 0 Å². The van der Waals surface area contributed by atoms with Gasteiger partial charge in [0.15, 0.2) is 6.61 Å². The van der Waals surface area contributed by atoms with Crippen LogP contribution in [0.5, 0.6) is 0 Å².